The molecular weight excluding hydrogens is 330 g/mol. The van der Waals surface area contributed by atoms with Crippen LogP contribution in [0, 0.1) is 6.92 Å². The maximum atomic E-state index is 12.4. The van der Waals surface area contributed by atoms with Crippen LogP contribution < -0.4 is 0 Å². The number of benzene rings is 1. The number of carbonyl (C=O) groups excluding carboxylic acids is 1. The normalized spacial score (nSPS) is 21.8. The molecule has 2 atom stereocenters. The lowest BCUT2D eigenvalue weighted by atomic mass is 10.2. The summed E-state index contributed by atoms with van der Waals surface area (Å²) in [5, 5.41) is 0. The highest BCUT2D eigenvalue weighted by Crippen LogP contribution is 2.26. The summed E-state index contributed by atoms with van der Waals surface area (Å²) in [7, 11) is -3.85. The maximum Gasteiger partial charge on any atom is 0.410 e. The Morgan fingerprint density at radius 3 is 2.33 bits per heavy atom. The van der Waals surface area contributed by atoms with Crippen LogP contribution in [-0.4, -0.2) is 43.7 Å². The number of hydrogen-bond donors (Lipinski definition) is 0. The lowest BCUT2D eigenvalue weighted by Crippen LogP contribution is -2.39. The first-order valence-corrected chi connectivity index (χ1v) is 9.38. The van der Waals surface area contributed by atoms with E-state index in [1.807, 2.05) is 13.8 Å². The molecule has 1 aliphatic rings. The van der Waals surface area contributed by atoms with E-state index in [-0.39, 0.29) is 17.5 Å². The van der Waals surface area contributed by atoms with Gasteiger partial charge >= 0.3 is 6.09 Å². The monoisotopic (exact) mass is 355 g/mol. The summed E-state index contributed by atoms with van der Waals surface area (Å²) in [4.78, 5) is 13.8. The van der Waals surface area contributed by atoms with Crippen molar-refractivity contribution in [3.63, 3.8) is 0 Å². The van der Waals surface area contributed by atoms with Crippen LogP contribution in [0.4, 0.5) is 4.79 Å². The lowest BCUT2D eigenvalue weighted by molar-refractivity contribution is 0.0224. The molecule has 1 saturated heterocycles. The van der Waals surface area contributed by atoms with Crippen molar-refractivity contribution in [2.75, 3.05) is 6.54 Å². The van der Waals surface area contributed by atoms with Crippen molar-refractivity contribution >= 4 is 16.2 Å². The number of nitrogens with zero attached hydrogens (tertiary/aromatic N) is 1. The Balaban J connectivity index is 2.04. The zero-order chi connectivity index (χ0) is 18.1. The van der Waals surface area contributed by atoms with Gasteiger partial charge in [0.05, 0.1) is 17.5 Å². The minimum absolute atomic E-state index is 0.122. The second kappa shape index (κ2) is 6.72. The molecule has 2 rings (SSSR count). The Morgan fingerprint density at radius 2 is 1.79 bits per heavy atom. The summed E-state index contributed by atoms with van der Waals surface area (Å²) in [6.07, 6.45) is -0.572. The first-order valence-electron chi connectivity index (χ1n) is 7.97. The van der Waals surface area contributed by atoms with Crippen LogP contribution in [0.2, 0.25) is 0 Å². The molecule has 1 aliphatic heterocycles. The van der Waals surface area contributed by atoms with Crippen molar-refractivity contribution in [3.8, 4) is 0 Å². The van der Waals surface area contributed by atoms with Gasteiger partial charge in [0.2, 0.25) is 0 Å². The molecule has 1 aromatic rings. The highest BCUT2D eigenvalue weighted by atomic mass is 32.2. The second-order valence-electron chi connectivity index (χ2n) is 7.20. The van der Waals surface area contributed by atoms with E-state index < -0.39 is 27.9 Å². The van der Waals surface area contributed by atoms with E-state index in [2.05, 4.69) is 0 Å². The average molecular weight is 355 g/mol. The first kappa shape index (κ1) is 18.7. The van der Waals surface area contributed by atoms with Crippen LogP contribution in [0.3, 0.4) is 0 Å². The van der Waals surface area contributed by atoms with Crippen LogP contribution in [-0.2, 0) is 19.0 Å². The van der Waals surface area contributed by atoms with Crippen LogP contribution in [0.1, 0.15) is 39.7 Å². The molecular formula is C17H25NO5S. The molecule has 0 spiro atoms. The predicted octanol–water partition coefficient (Wildman–Crippen LogP) is 3.10. The van der Waals surface area contributed by atoms with Crippen molar-refractivity contribution in [3.05, 3.63) is 29.8 Å². The molecule has 1 aromatic carbocycles. The average Bonchev–Trinajstić information content (AvgIpc) is 2.77. The lowest BCUT2D eigenvalue weighted by Gasteiger charge is -2.26. The molecule has 0 radical (unpaired) electrons. The van der Waals surface area contributed by atoms with E-state index in [9.17, 15) is 13.2 Å². The summed E-state index contributed by atoms with van der Waals surface area (Å²) in [6.45, 7) is 9.31. The van der Waals surface area contributed by atoms with Crippen LogP contribution >= 0.6 is 0 Å². The zero-order valence-corrected chi connectivity index (χ0v) is 15.6. The fraction of sp³-hybridized carbons (Fsp3) is 0.588. The Morgan fingerprint density at radius 1 is 1.21 bits per heavy atom. The molecule has 1 fully saturated rings. The third-order valence-corrected chi connectivity index (χ3v) is 5.11. The first-order chi connectivity index (χ1) is 11.0. The second-order valence-corrected chi connectivity index (χ2v) is 8.77. The van der Waals surface area contributed by atoms with Gasteiger partial charge in [-0.05, 0) is 53.2 Å². The number of ether oxygens (including phenoxy) is 1. The molecule has 7 heteroatoms. The quantitative estimate of drug-likeness (QED) is 0.779. The molecule has 1 heterocycles. The molecule has 0 aromatic heterocycles. The van der Waals surface area contributed by atoms with E-state index in [0.29, 0.717) is 6.42 Å². The van der Waals surface area contributed by atoms with Gasteiger partial charge in [0.15, 0.2) is 0 Å². The van der Waals surface area contributed by atoms with Gasteiger partial charge in [0.1, 0.15) is 5.60 Å². The number of carbonyl (C=O) groups is 1. The highest BCUT2D eigenvalue weighted by molar-refractivity contribution is 7.86. The van der Waals surface area contributed by atoms with E-state index in [1.165, 1.54) is 17.0 Å². The predicted molar refractivity (Wildman–Crippen MR) is 90.3 cm³/mol. The molecule has 1 amide bonds. The largest absolute Gasteiger partial charge is 0.444 e. The Bertz CT molecular complexity index is 691. The van der Waals surface area contributed by atoms with Gasteiger partial charge in [0, 0.05) is 6.04 Å². The summed E-state index contributed by atoms with van der Waals surface area (Å²) in [6, 6.07) is 6.35. The van der Waals surface area contributed by atoms with Gasteiger partial charge in [-0.2, -0.15) is 8.42 Å². The minimum atomic E-state index is -3.85. The fourth-order valence-corrected chi connectivity index (χ4v) is 3.64. The van der Waals surface area contributed by atoms with Crippen molar-refractivity contribution in [1.82, 2.24) is 4.90 Å². The van der Waals surface area contributed by atoms with Gasteiger partial charge in [-0.1, -0.05) is 17.7 Å². The molecule has 0 saturated carbocycles. The zero-order valence-electron chi connectivity index (χ0n) is 14.8. The number of aryl methyl sites for hydroxylation is 1. The third kappa shape index (κ3) is 4.70. The summed E-state index contributed by atoms with van der Waals surface area (Å²) < 4.78 is 35.4. The third-order valence-electron chi connectivity index (χ3n) is 3.74. The van der Waals surface area contributed by atoms with Crippen LogP contribution in [0.5, 0.6) is 0 Å². The Hall–Kier alpha value is -1.60. The van der Waals surface area contributed by atoms with E-state index in [1.54, 1.807) is 32.9 Å². The fourth-order valence-electron chi connectivity index (χ4n) is 2.57. The van der Waals surface area contributed by atoms with E-state index >= 15 is 0 Å². The Kier molecular flexibility index (Phi) is 5.25. The standard InChI is InChI=1S/C17H25NO5S/c1-12-6-8-15(9-7-12)24(20,21)23-14-10-13(2)18(11-14)16(19)22-17(3,4)5/h6-9,13-14H,10-11H2,1-5H3/t13-,14+/m1/s1. The van der Waals surface area contributed by atoms with Gasteiger partial charge < -0.3 is 9.64 Å². The van der Waals surface area contributed by atoms with Crippen molar-refractivity contribution < 1.29 is 22.1 Å². The van der Waals surface area contributed by atoms with Gasteiger partial charge in [-0.3, -0.25) is 4.18 Å². The number of amides is 1. The molecule has 0 N–H and O–H groups in total. The van der Waals surface area contributed by atoms with Crippen molar-refractivity contribution in [2.45, 2.75) is 63.7 Å². The summed E-state index contributed by atoms with van der Waals surface area (Å²) in [5.74, 6) is 0. The summed E-state index contributed by atoms with van der Waals surface area (Å²) in [5.41, 5.74) is 0.378. The van der Waals surface area contributed by atoms with Crippen LogP contribution in [0.25, 0.3) is 0 Å². The molecule has 0 aliphatic carbocycles. The van der Waals surface area contributed by atoms with Gasteiger partial charge in [-0.15, -0.1) is 0 Å². The van der Waals surface area contributed by atoms with Gasteiger partial charge in [-0.25, -0.2) is 4.79 Å². The maximum absolute atomic E-state index is 12.4. The van der Waals surface area contributed by atoms with E-state index in [4.69, 9.17) is 8.92 Å². The smallest absolute Gasteiger partial charge is 0.410 e. The molecule has 24 heavy (non-hydrogen) atoms. The number of likely N-dealkylation sites (tertiary alicyclic amines) is 1. The molecule has 0 bridgehead atoms. The molecule has 134 valence electrons. The molecule has 0 unspecified atom stereocenters. The summed E-state index contributed by atoms with van der Waals surface area (Å²) >= 11 is 0. The number of rotatable bonds is 3. The minimum Gasteiger partial charge on any atom is -0.444 e. The van der Waals surface area contributed by atoms with Crippen LogP contribution in [0.15, 0.2) is 29.2 Å². The van der Waals surface area contributed by atoms with Crippen molar-refractivity contribution in [1.29, 1.82) is 0 Å². The number of hydrogen-bond acceptors (Lipinski definition) is 5. The van der Waals surface area contributed by atoms with Crippen molar-refractivity contribution in [2.24, 2.45) is 0 Å². The SMILES string of the molecule is Cc1ccc(S(=O)(=O)O[C@H]2C[C@@H](C)N(C(=O)OC(C)(C)C)C2)cc1. The Labute approximate surface area is 143 Å². The van der Waals surface area contributed by atoms with Gasteiger partial charge in [0.25, 0.3) is 10.1 Å². The molecule has 6 nitrogen and oxygen atoms in total. The topological polar surface area (TPSA) is 72.9 Å². The highest BCUT2D eigenvalue weighted by Gasteiger charge is 2.38. The van der Waals surface area contributed by atoms with E-state index in [0.717, 1.165) is 5.56 Å².